The maximum absolute atomic E-state index is 12.9. The van der Waals surface area contributed by atoms with E-state index >= 15 is 0 Å². The second-order valence-corrected chi connectivity index (χ2v) is 13.8. The van der Waals surface area contributed by atoms with Crippen LogP contribution in [0.25, 0.3) is 0 Å². The Kier molecular flexibility index (Phi) is 6.54. The topological polar surface area (TPSA) is 70.0 Å². The van der Waals surface area contributed by atoms with Crippen molar-refractivity contribution < 1.29 is 19.7 Å². The van der Waals surface area contributed by atoms with Crippen molar-refractivity contribution in [3.05, 3.63) is 0 Å². The predicted molar refractivity (Wildman–Crippen MR) is 136 cm³/mol. The van der Waals surface area contributed by atoms with Gasteiger partial charge in [0.2, 0.25) is 5.91 Å². The molecule has 1 aliphatic heterocycles. The van der Waals surface area contributed by atoms with E-state index < -0.39 is 0 Å². The molecule has 1 amide bonds. The summed E-state index contributed by atoms with van der Waals surface area (Å²) < 4.78 is 6.40. The van der Waals surface area contributed by atoms with Gasteiger partial charge in [0.1, 0.15) is 0 Å². The van der Waals surface area contributed by atoms with Gasteiger partial charge in [-0.3, -0.25) is 4.79 Å². The van der Waals surface area contributed by atoms with Gasteiger partial charge in [-0.1, -0.05) is 6.92 Å². The molecule has 6 rings (SSSR count). The van der Waals surface area contributed by atoms with Crippen LogP contribution in [-0.4, -0.2) is 59.5 Å². The van der Waals surface area contributed by atoms with E-state index in [2.05, 4.69) is 11.8 Å². The number of methoxy groups -OCH3 is 1. The van der Waals surface area contributed by atoms with Gasteiger partial charge in [-0.2, -0.15) is 0 Å². The first-order valence-electron chi connectivity index (χ1n) is 15.0. The fraction of sp³-hybridized carbons (Fsp3) is 0.967. The van der Waals surface area contributed by atoms with Crippen LogP contribution in [0, 0.1) is 46.3 Å². The Hall–Kier alpha value is -0.650. The number of nitrogens with zero attached hydrogens (tertiary/aromatic N) is 1. The van der Waals surface area contributed by atoms with Crippen LogP contribution in [0.5, 0.6) is 0 Å². The van der Waals surface area contributed by atoms with Crippen LogP contribution in [0.4, 0.5) is 0 Å². The summed E-state index contributed by atoms with van der Waals surface area (Å²) in [5.74, 6) is 3.55. The minimum Gasteiger partial charge on any atom is -0.393 e. The molecule has 1 saturated heterocycles. The summed E-state index contributed by atoms with van der Waals surface area (Å²) in [6, 6.07) is 0. The van der Waals surface area contributed by atoms with Crippen molar-refractivity contribution in [2.24, 2.45) is 46.3 Å². The first kappa shape index (κ1) is 24.7. The van der Waals surface area contributed by atoms with Crippen LogP contribution in [0.3, 0.4) is 0 Å². The van der Waals surface area contributed by atoms with E-state index in [0.717, 1.165) is 58.0 Å². The highest BCUT2D eigenvalue weighted by Crippen LogP contribution is 2.72. The fourth-order valence-electron chi connectivity index (χ4n) is 11.1. The third-order valence-electron chi connectivity index (χ3n) is 12.7. The fourth-order valence-corrected chi connectivity index (χ4v) is 11.1. The van der Waals surface area contributed by atoms with Gasteiger partial charge in [-0.05, 0) is 124 Å². The van der Waals surface area contributed by atoms with Crippen LogP contribution in [-0.2, 0) is 9.53 Å². The quantitative estimate of drug-likeness (QED) is 0.598. The van der Waals surface area contributed by atoms with E-state index in [9.17, 15) is 15.0 Å². The summed E-state index contributed by atoms with van der Waals surface area (Å²) in [7, 11) is 1.93. The molecule has 11 atom stereocenters. The SMILES string of the molecule is CO[C@H]1C[C@H]2[C@@H]([C@H](O)C[C@@H]3C[C@H](O)CC[C@@]32C)[C@@H]2CC[C@@H]3[C@@H](CCC(=O)N4CCCCC4)CC[C@@]132. The lowest BCUT2D eigenvalue weighted by molar-refractivity contribution is -0.211. The van der Waals surface area contributed by atoms with Crippen LogP contribution < -0.4 is 0 Å². The first-order chi connectivity index (χ1) is 16.9. The molecule has 0 radical (unpaired) electrons. The number of likely N-dealkylation sites (tertiary alicyclic amines) is 1. The van der Waals surface area contributed by atoms with Gasteiger partial charge in [-0.15, -0.1) is 0 Å². The number of fused-ring (bicyclic) bond motifs is 4. The summed E-state index contributed by atoms with van der Waals surface area (Å²) in [5, 5.41) is 22.0. The Balaban J connectivity index is 1.21. The lowest BCUT2D eigenvalue weighted by Crippen LogP contribution is -2.62. The number of hydrogen-bond donors (Lipinski definition) is 2. The van der Waals surface area contributed by atoms with Crippen molar-refractivity contribution in [3.8, 4) is 0 Å². The highest BCUT2D eigenvalue weighted by Gasteiger charge is 2.69. The normalized spacial score (nSPS) is 51.3. The molecule has 0 bridgehead atoms. The van der Waals surface area contributed by atoms with E-state index in [1.807, 2.05) is 7.11 Å². The molecule has 5 nitrogen and oxygen atoms in total. The number of aliphatic hydroxyl groups excluding tert-OH is 2. The molecule has 2 N–H and O–H groups in total. The van der Waals surface area contributed by atoms with Crippen molar-refractivity contribution in [1.29, 1.82) is 0 Å². The maximum Gasteiger partial charge on any atom is 0.222 e. The average Bonchev–Trinajstić information content (AvgIpc) is 3.41. The van der Waals surface area contributed by atoms with Crippen molar-refractivity contribution in [3.63, 3.8) is 0 Å². The van der Waals surface area contributed by atoms with Crippen molar-refractivity contribution in [2.45, 2.75) is 115 Å². The highest BCUT2D eigenvalue weighted by molar-refractivity contribution is 5.76. The second-order valence-electron chi connectivity index (χ2n) is 13.8. The number of piperidine rings is 1. The molecule has 0 aromatic heterocycles. The molecule has 0 aromatic rings. The van der Waals surface area contributed by atoms with Crippen LogP contribution >= 0.6 is 0 Å². The minimum absolute atomic E-state index is 0.191. The van der Waals surface area contributed by atoms with E-state index in [0.29, 0.717) is 41.4 Å². The van der Waals surface area contributed by atoms with E-state index in [-0.39, 0.29) is 29.1 Å². The van der Waals surface area contributed by atoms with Crippen molar-refractivity contribution >= 4 is 5.91 Å². The Morgan fingerprint density at radius 3 is 2.49 bits per heavy atom. The molecule has 1 heterocycles. The van der Waals surface area contributed by atoms with Crippen LogP contribution in [0.15, 0.2) is 0 Å². The zero-order chi connectivity index (χ0) is 24.4. The van der Waals surface area contributed by atoms with Crippen molar-refractivity contribution in [2.75, 3.05) is 20.2 Å². The lowest BCUT2D eigenvalue weighted by atomic mass is 9.43. The number of amides is 1. The molecule has 5 aliphatic carbocycles. The predicted octanol–water partition coefficient (Wildman–Crippen LogP) is 4.78. The Morgan fingerprint density at radius 1 is 0.943 bits per heavy atom. The third-order valence-corrected chi connectivity index (χ3v) is 12.7. The van der Waals surface area contributed by atoms with E-state index in [1.54, 1.807) is 0 Å². The zero-order valence-electron chi connectivity index (χ0n) is 22.2. The van der Waals surface area contributed by atoms with Gasteiger partial charge in [-0.25, -0.2) is 0 Å². The molecule has 6 aliphatic rings. The monoisotopic (exact) mass is 487 g/mol. The van der Waals surface area contributed by atoms with Crippen LogP contribution in [0.1, 0.15) is 96.8 Å². The molecule has 0 aromatic carbocycles. The molecule has 5 saturated carbocycles. The van der Waals surface area contributed by atoms with Crippen LogP contribution in [0.2, 0.25) is 0 Å². The molecule has 198 valence electrons. The number of carbonyl (C=O) groups excluding carboxylic acids is 1. The number of ether oxygens (including phenoxy) is 1. The van der Waals surface area contributed by atoms with Gasteiger partial charge in [0.25, 0.3) is 0 Å². The van der Waals surface area contributed by atoms with Gasteiger partial charge in [0.15, 0.2) is 0 Å². The molecule has 0 unspecified atom stereocenters. The second kappa shape index (κ2) is 9.27. The Morgan fingerprint density at radius 2 is 1.71 bits per heavy atom. The standard InChI is InChI=1S/C30H49NO4/c1-29-12-11-21(32)16-20(29)17-25(33)28-23-8-7-22-19(6-9-27(34)31-14-4-3-5-15-31)10-13-30(22,23)26(35-2)18-24(28)29/h19-26,28,32-33H,3-18H2,1-2H3/t19-,20-,21+,22+,23-,24-,25+,26-,28-,29-,30+/m0/s1. The summed E-state index contributed by atoms with van der Waals surface area (Å²) >= 11 is 0. The van der Waals surface area contributed by atoms with Gasteiger partial charge >= 0.3 is 0 Å². The first-order valence-corrected chi connectivity index (χ1v) is 15.0. The Bertz CT molecular complexity index is 797. The molecule has 35 heavy (non-hydrogen) atoms. The number of rotatable bonds is 4. The van der Waals surface area contributed by atoms with E-state index in [4.69, 9.17) is 4.74 Å². The summed E-state index contributed by atoms with van der Waals surface area (Å²) in [4.78, 5) is 15.0. The lowest BCUT2D eigenvalue weighted by Gasteiger charge is -2.64. The summed E-state index contributed by atoms with van der Waals surface area (Å²) in [5.41, 5.74) is 0.422. The number of carbonyl (C=O) groups is 1. The molecule has 1 spiro atoms. The largest absolute Gasteiger partial charge is 0.393 e. The number of hydrogen-bond acceptors (Lipinski definition) is 4. The minimum atomic E-state index is -0.235. The van der Waals surface area contributed by atoms with Crippen molar-refractivity contribution in [1.82, 2.24) is 4.90 Å². The van der Waals surface area contributed by atoms with Gasteiger partial charge < -0.3 is 19.8 Å². The van der Waals surface area contributed by atoms with Gasteiger partial charge in [0.05, 0.1) is 18.3 Å². The third kappa shape index (κ3) is 3.76. The molecule has 6 fully saturated rings. The number of aliphatic hydroxyl groups is 2. The highest BCUT2D eigenvalue weighted by atomic mass is 16.5. The van der Waals surface area contributed by atoms with Gasteiger partial charge in [0, 0.05) is 32.0 Å². The van der Waals surface area contributed by atoms with E-state index in [1.165, 1.54) is 44.9 Å². The molecule has 5 heteroatoms. The smallest absolute Gasteiger partial charge is 0.222 e. The summed E-state index contributed by atoms with van der Waals surface area (Å²) in [6.07, 6.45) is 15.0. The maximum atomic E-state index is 12.9. The average molecular weight is 488 g/mol. The molecular formula is C30H49NO4. The Labute approximate surface area is 212 Å². The summed E-state index contributed by atoms with van der Waals surface area (Å²) in [6.45, 7) is 4.40. The molecular weight excluding hydrogens is 438 g/mol. The zero-order valence-corrected chi connectivity index (χ0v) is 22.2.